The number of hydrogen-bond donors (Lipinski definition) is 3. The Hall–Kier alpha value is -3.93. The van der Waals surface area contributed by atoms with Gasteiger partial charge in [-0.05, 0) is 36.4 Å². The van der Waals surface area contributed by atoms with Crippen molar-refractivity contribution in [2.45, 2.75) is 12.8 Å². The summed E-state index contributed by atoms with van der Waals surface area (Å²) < 4.78 is 0. The fraction of sp³-hybridized carbons (Fsp3) is 0.160. The number of allylic oxidation sites excluding steroid dienone is 2. The smallest absolute Gasteiger partial charge is 0.307 e. The van der Waals surface area contributed by atoms with Gasteiger partial charge < -0.3 is 15.7 Å². The normalized spacial score (nSPS) is 17.8. The summed E-state index contributed by atoms with van der Waals surface area (Å²) in [6.45, 7) is 0. The molecule has 0 spiro atoms. The first-order chi connectivity index (χ1) is 15.0. The molecule has 156 valence electrons. The Morgan fingerprint density at radius 3 is 2.19 bits per heavy atom. The van der Waals surface area contributed by atoms with Crippen LogP contribution in [0.1, 0.15) is 23.2 Å². The first kappa shape index (κ1) is 20.3. The number of carboxylic acids is 1. The van der Waals surface area contributed by atoms with Crippen LogP contribution in [0.3, 0.4) is 0 Å². The molecule has 1 aliphatic rings. The quantitative estimate of drug-likeness (QED) is 0.528. The predicted octanol–water partition coefficient (Wildman–Crippen LogP) is 4.70. The van der Waals surface area contributed by atoms with Gasteiger partial charge in [-0.1, -0.05) is 60.7 Å². The molecule has 6 nitrogen and oxygen atoms in total. The summed E-state index contributed by atoms with van der Waals surface area (Å²) >= 11 is 0. The largest absolute Gasteiger partial charge is 0.481 e. The topological polar surface area (TPSA) is 95.5 Å². The van der Waals surface area contributed by atoms with E-state index in [1.165, 1.54) is 0 Å². The Morgan fingerprint density at radius 2 is 1.39 bits per heavy atom. The number of para-hydroxylation sites is 1. The van der Waals surface area contributed by atoms with Crippen LogP contribution in [-0.2, 0) is 9.59 Å². The van der Waals surface area contributed by atoms with Crippen molar-refractivity contribution in [3.63, 3.8) is 0 Å². The fourth-order valence-corrected chi connectivity index (χ4v) is 3.92. The third kappa shape index (κ3) is 4.33. The Balaban J connectivity index is 1.57. The van der Waals surface area contributed by atoms with Gasteiger partial charge in [0.05, 0.1) is 23.1 Å². The second kappa shape index (κ2) is 8.83. The summed E-state index contributed by atoms with van der Waals surface area (Å²) in [7, 11) is 0. The molecule has 0 bridgehead atoms. The fourth-order valence-electron chi connectivity index (χ4n) is 3.92. The summed E-state index contributed by atoms with van der Waals surface area (Å²) in [4.78, 5) is 37.4. The first-order valence-electron chi connectivity index (χ1n) is 10.1. The number of aliphatic carboxylic acids is 1. The van der Waals surface area contributed by atoms with E-state index >= 15 is 0 Å². The average molecular weight is 414 g/mol. The third-order valence-corrected chi connectivity index (χ3v) is 5.55. The Morgan fingerprint density at radius 1 is 0.742 bits per heavy atom. The van der Waals surface area contributed by atoms with Gasteiger partial charge in [0.2, 0.25) is 5.91 Å². The van der Waals surface area contributed by atoms with E-state index < -0.39 is 23.7 Å². The molecule has 31 heavy (non-hydrogen) atoms. The van der Waals surface area contributed by atoms with Crippen molar-refractivity contribution in [1.82, 2.24) is 0 Å². The van der Waals surface area contributed by atoms with Gasteiger partial charge in [0.15, 0.2) is 0 Å². The van der Waals surface area contributed by atoms with Crippen LogP contribution in [0.25, 0.3) is 10.8 Å². The number of carboxylic acid groups (broad SMARTS) is 1. The highest BCUT2D eigenvalue weighted by molar-refractivity contribution is 6.13. The van der Waals surface area contributed by atoms with Crippen molar-refractivity contribution >= 4 is 39.9 Å². The second-order valence-corrected chi connectivity index (χ2v) is 7.51. The maximum absolute atomic E-state index is 13.0. The number of anilines is 2. The summed E-state index contributed by atoms with van der Waals surface area (Å²) in [5.41, 5.74) is 1.33. The Bertz CT molecular complexity index is 1180. The van der Waals surface area contributed by atoms with E-state index in [9.17, 15) is 19.5 Å². The second-order valence-electron chi connectivity index (χ2n) is 7.51. The third-order valence-electron chi connectivity index (χ3n) is 5.55. The SMILES string of the molecule is O=C(Nc1cccc2ccccc12)c1ccccc1NC(=O)[C@@H]1CC=CC[C@@H]1C(=O)O. The molecule has 0 saturated carbocycles. The number of amides is 2. The zero-order valence-electron chi connectivity index (χ0n) is 16.7. The molecular weight excluding hydrogens is 392 g/mol. The molecular formula is C25H22N2O4. The van der Waals surface area contributed by atoms with E-state index in [0.717, 1.165) is 10.8 Å². The van der Waals surface area contributed by atoms with Crippen molar-refractivity contribution in [3.8, 4) is 0 Å². The number of benzene rings is 3. The highest BCUT2D eigenvalue weighted by Crippen LogP contribution is 2.29. The minimum Gasteiger partial charge on any atom is -0.481 e. The van der Waals surface area contributed by atoms with E-state index in [-0.39, 0.29) is 5.91 Å². The molecule has 2 amide bonds. The monoisotopic (exact) mass is 414 g/mol. The number of carbonyl (C=O) groups is 3. The van der Waals surface area contributed by atoms with E-state index in [4.69, 9.17) is 0 Å². The maximum Gasteiger partial charge on any atom is 0.307 e. The molecule has 4 rings (SSSR count). The Kier molecular flexibility index (Phi) is 5.80. The van der Waals surface area contributed by atoms with Crippen LogP contribution in [-0.4, -0.2) is 22.9 Å². The molecule has 0 aromatic heterocycles. The van der Waals surface area contributed by atoms with E-state index in [2.05, 4.69) is 10.6 Å². The van der Waals surface area contributed by atoms with Gasteiger partial charge >= 0.3 is 5.97 Å². The average Bonchev–Trinajstić information content (AvgIpc) is 2.79. The van der Waals surface area contributed by atoms with E-state index in [0.29, 0.717) is 29.8 Å². The van der Waals surface area contributed by atoms with Crippen LogP contribution in [0.2, 0.25) is 0 Å². The van der Waals surface area contributed by atoms with Crippen molar-refractivity contribution in [3.05, 3.63) is 84.4 Å². The van der Waals surface area contributed by atoms with Crippen molar-refractivity contribution in [2.75, 3.05) is 10.6 Å². The standard InChI is InChI=1S/C25H22N2O4/c28-23(18-11-3-4-12-19(18)25(30)31)27-22-14-6-5-13-20(22)24(29)26-21-15-7-9-16-8-1-2-10-17(16)21/h1-10,13-15,18-19H,11-12H2,(H,26,29)(H,27,28)(H,30,31)/t18-,19+/m1/s1. The van der Waals surface area contributed by atoms with Crippen molar-refractivity contribution in [2.24, 2.45) is 11.8 Å². The summed E-state index contributed by atoms with van der Waals surface area (Å²) in [5.74, 6) is -3.21. The first-order valence-corrected chi connectivity index (χ1v) is 10.1. The van der Waals surface area contributed by atoms with Gasteiger partial charge in [0.1, 0.15) is 0 Å². The lowest BCUT2D eigenvalue weighted by Crippen LogP contribution is -2.35. The zero-order valence-corrected chi connectivity index (χ0v) is 16.7. The van der Waals surface area contributed by atoms with Crippen LogP contribution in [0.15, 0.2) is 78.9 Å². The predicted molar refractivity (Wildman–Crippen MR) is 120 cm³/mol. The number of carbonyl (C=O) groups excluding carboxylic acids is 2. The van der Waals surface area contributed by atoms with Gasteiger partial charge in [-0.2, -0.15) is 0 Å². The molecule has 0 unspecified atom stereocenters. The molecule has 1 aliphatic carbocycles. The molecule has 3 N–H and O–H groups in total. The van der Waals surface area contributed by atoms with Crippen molar-refractivity contribution < 1.29 is 19.5 Å². The highest BCUT2D eigenvalue weighted by Gasteiger charge is 2.34. The van der Waals surface area contributed by atoms with Crippen LogP contribution in [0, 0.1) is 11.8 Å². The lowest BCUT2D eigenvalue weighted by molar-refractivity contribution is -0.146. The Labute approximate surface area is 179 Å². The highest BCUT2D eigenvalue weighted by atomic mass is 16.4. The van der Waals surface area contributed by atoms with Gasteiger partial charge in [-0.25, -0.2) is 0 Å². The summed E-state index contributed by atoms with van der Waals surface area (Å²) in [6.07, 6.45) is 4.28. The van der Waals surface area contributed by atoms with Gasteiger partial charge in [-0.15, -0.1) is 0 Å². The summed E-state index contributed by atoms with van der Waals surface area (Å²) in [6, 6.07) is 20.1. The van der Waals surface area contributed by atoms with E-state index in [1.807, 2.05) is 48.5 Å². The van der Waals surface area contributed by atoms with Gasteiger partial charge in [-0.3, -0.25) is 14.4 Å². The van der Waals surface area contributed by atoms with Crippen LogP contribution >= 0.6 is 0 Å². The molecule has 0 saturated heterocycles. The number of fused-ring (bicyclic) bond motifs is 1. The molecule has 0 radical (unpaired) electrons. The molecule has 6 heteroatoms. The molecule has 3 aromatic carbocycles. The van der Waals surface area contributed by atoms with Crippen LogP contribution in [0.5, 0.6) is 0 Å². The van der Waals surface area contributed by atoms with E-state index in [1.54, 1.807) is 30.3 Å². The lowest BCUT2D eigenvalue weighted by atomic mass is 9.82. The zero-order chi connectivity index (χ0) is 21.8. The molecule has 2 atom stereocenters. The van der Waals surface area contributed by atoms with Crippen LogP contribution in [0.4, 0.5) is 11.4 Å². The summed E-state index contributed by atoms with van der Waals surface area (Å²) in [5, 5.41) is 17.1. The van der Waals surface area contributed by atoms with Crippen molar-refractivity contribution in [1.29, 1.82) is 0 Å². The van der Waals surface area contributed by atoms with Crippen LogP contribution < -0.4 is 10.6 Å². The molecule has 0 heterocycles. The molecule has 3 aromatic rings. The molecule has 0 aliphatic heterocycles. The maximum atomic E-state index is 13.0. The number of rotatable bonds is 5. The number of nitrogens with one attached hydrogen (secondary N) is 2. The molecule has 0 fully saturated rings. The number of hydrogen-bond acceptors (Lipinski definition) is 3. The lowest BCUT2D eigenvalue weighted by Gasteiger charge is -2.24. The minimum atomic E-state index is -0.994. The van der Waals surface area contributed by atoms with Gasteiger partial charge in [0, 0.05) is 11.1 Å². The van der Waals surface area contributed by atoms with Gasteiger partial charge in [0.25, 0.3) is 5.91 Å². The minimum absolute atomic E-state index is 0.307.